The third-order valence-corrected chi connectivity index (χ3v) is 3.78. The van der Waals surface area contributed by atoms with Gasteiger partial charge in [-0.3, -0.25) is 4.99 Å². The van der Waals surface area contributed by atoms with Crippen molar-refractivity contribution < 1.29 is 0 Å². The molecule has 0 fully saturated rings. The van der Waals surface area contributed by atoms with E-state index < -0.39 is 0 Å². The van der Waals surface area contributed by atoms with Crippen LogP contribution in [0.3, 0.4) is 0 Å². The van der Waals surface area contributed by atoms with Gasteiger partial charge >= 0.3 is 0 Å². The fourth-order valence-corrected chi connectivity index (χ4v) is 2.83. The highest BCUT2D eigenvalue weighted by Crippen LogP contribution is 2.24. The van der Waals surface area contributed by atoms with Crippen molar-refractivity contribution in [3.8, 4) is 0 Å². The van der Waals surface area contributed by atoms with Crippen LogP contribution in [-0.2, 0) is 0 Å². The van der Waals surface area contributed by atoms with Gasteiger partial charge in [0.25, 0.3) is 0 Å². The molecule has 120 valence electrons. The molecule has 0 saturated heterocycles. The van der Waals surface area contributed by atoms with Crippen molar-refractivity contribution in [2.24, 2.45) is 4.99 Å². The number of thiazole rings is 1. The number of aromatic nitrogens is 1. The highest BCUT2D eigenvalue weighted by atomic mass is 32.1. The number of guanidine groups is 1. The SMILES string of the molecule is CCNC(=NCCNc1nc2ccccc2s1)NC(C)(C)C. The van der Waals surface area contributed by atoms with Crippen LogP contribution in [0.1, 0.15) is 27.7 Å². The summed E-state index contributed by atoms with van der Waals surface area (Å²) in [6.07, 6.45) is 0. The van der Waals surface area contributed by atoms with Crippen LogP contribution in [0.4, 0.5) is 5.13 Å². The Morgan fingerprint density at radius 3 is 2.73 bits per heavy atom. The largest absolute Gasteiger partial charge is 0.360 e. The van der Waals surface area contributed by atoms with Crippen LogP contribution >= 0.6 is 11.3 Å². The van der Waals surface area contributed by atoms with Gasteiger partial charge in [0.05, 0.1) is 16.8 Å². The van der Waals surface area contributed by atoms with E-state index in [9.17, 15) is 0 Å². The molecule has 6 heteroatoms. The summed E-state index contributed by atoms with van der Waals surface area (Å²) in [5.74, 6) is 0.848. The van der Waals surface area contributed by atoms with E-state index in [2.05, 4.69) is 59.7 Å². The first-order valence-corrected chi connectivity index (χ1v) is 8.45. The van der Waals surface area contributed by atoms with Crippen molar-refractivity contribution in [3.05, 3.63) is 24.3 Å². The number of benzene rings is 1. The number of hydrogen-bond donors (Lipinski definition) is 3. The molecule has 1 heterocycles. The summed E-state index contributed by atoms with van der Waals surface area (Å²) < 4.78 is 1.20. The maximum absolute atomic E-state index is 4.58. The van der Waals surface area contributed by atoms with Gasteiger partial charge in [0, 0.05) is 18.6 Å². The lowest BCUT2D eigenvalue weighted by atomic mass is 10.1. The smallest absolute Gasteiger partial charge is 0.191 e. The van der Waals surface area contributed by atoms with Gasteiger partial charge in [0.2, 0.25) is 0 Å². The Labute approximate surface area is 136 Å². The minimum atomic E-state index is 0.00145. The molecular weight excluding hydrogens is 294 g/mol. The Kier molecular flexibility index (Phi) is 5.60. The maximum atomic E-state index is 4.58. The molecule has 5 nitrogen and oxygen atoms in total. The topological polar surface area (TPSA) is 61.3 Å². The molecule has 0 aliphatic carbocycles. The molecule has 0 radical (unpaired) electrons. The summed E-state index contributed by atoms with van der Waals surface area (Å²) in [5, 5.41) is 10.9. The van der Waals surface area contributed by atoms with Crippen molar-refractivity contribution in [2.45, 2.75) is 33.2 Å². The van der Waals surface area contributed by atoms with Gasteiger partial charge in [-0.15, -0.1) is 0 Å². The first-order valence-electron chi connectivity index (χ1n) is 7.64. The molecule has 22 heavy (non-hydrogen) atoms. The van der Waals surface area contributed by atoms with Crippen LogP contribution in [0.25, 0.3) is 10.2 Å². The lowest BCUT2D eigenvalue weighted by Crippen LogP contribution is -2.47. The van der Waals surface area contributed by atoms with Crippen LogP contribution in [-0.4, -0.2) is 36.1 Å². The predicted octanol–water partition coefficient (Wildman–Crippen LogP) is 3.06. The third kappa shape index (κ3) is 5.18. The molecule has 0 bridgehead atoms. The summed E-state index contributed by atoms with van der Waals surface area (Å²) >= 11 is 1.67. The zero-order valence-corrected chi connectivity index (χ0v) is 14.5. The number of nitrogens with zero attached hydrogens (tertiary/aromatic N) is 2. The molecule has 2 aromatic rings. The van der Waals surface area contributed by atoms with Gasteiger partial charge in [0.1, 0.15) is 0 Å². The summed E-state index contributed by atoms with van der Waals surface area (Å²) in [5.41, 5.74) is 1.04. The van der Waals surface area contributed by atoms with E-state index in [4.69, 9.17) is 0 Å². The molecule has 0 saturated carbocycles. The predicted molar refractivity (Wildman–Crippen MR) is 97.0 cm³/mol. The van der Waals surface area contributed by atoms with Gasteiger partial charge in [-0.1, -0.05) is 23.5 Å². The van der Waals surface area contributed by atoms with Gasteiger partial charge in [-0.2, -0.15) is 0 Å². The van der Waals surface area contributed by atoms with Gasteiger partial charge < -0.3 is 16.0 Å². The lowest BCUT2D eigenvalue weighted by molar-refractivity contribution is 0.502. The number of rotatable bonds is 5. The number of anilines is 1. The normalized spacial score (nSPS) is 12.5. The van der Waals surface area contributed by atoms with E-state index in [1.165, 1.54) is 4.70 Å². The summed E-state index contributed by atoms with van der Waals surface area (Å²) in [7, 11) is 0. The van der Waals surface area contributed by atoms with Crippen LogP contribution in [0.2, 0.25) is 0 Å². The molecule has 0 spiro atoms. The quantitative estimate of drug-likeness (QED) is 0.450. The van der Waals surface area contributed by atoms with Crippen molar-refractivity contribution in [3.63, 3.8) is 0 Å². The Hall–Kier alpha value is -1.82. The summed E-state index contributed by atoms with van der Waals surface area (Å²) in [6, 6.07) is 8.17. The molecular formula is C16H25N5S. The monoisotopic (exact) mass is 319 g/mol. The second kappa shape index (κ2) is 7.45. The highest BCUT2D eigenvalue weighted by molar-refractivity contribution is 7.22. The van der Waals surface area contributed by atoms with Crippen molar-refractivity contribution in [2.75, 3.05) is 25.0 Å². The highest BCUT2D eigenvalue weighted by Gasteiger charge is 2.11. The van der Waals surface area contributed by atoms with Crippen molar-refractivity contribution in [1.82, 2.24) is 15.6 Å². The van der Waals surface area contributed by atoms with E-state index in [-0.39, 0.29) is 5.54 Å². The lowest BCUT2D eigenvalue weighted by Gasteiger charge is -2.23. The zero-order valence-electron chi connectivity index (χ0n) is 13.7. The van der Waals surface area contributed by atoms with Crippen LogP contribution in [0.5, 0.6) is 0 Å². The fourth-order valence-electron chi connectivity index (χ4n) is 1.94. The van der Waals surface area contributed by atoms with E-state index in [0.717, 1.165) is 29.7 Å². The first-order chi connectivity index (χ1) is 10.5. The minimum absolute atomic E-state index is 0.00145. The first kappa shape index (κ1) is 16.5. The molecule has 3 N–H and O–H groups in total. The standard InChI is InChI=1S/C16H25N5S/c1-5-17-14(21-16(2,3)4)18-10-11-19-15-20-12-8-6-7-9-13(12)22-15/h6-9H,5,10-11H2,1-4H3,(H,19,20)(H2,17,18,21). The van der Waals surface area contributed by atoms with Gasteiger partial charge in [-0.05, 0) is 39.8 Å². The fraction of sp³-hybridized carbons (Fsp3) is 0.500. The maximum Gasteiger partial charge on any atom is 0.191 e. The molecule has 1 aromatic heterocycles. The number of para-hydroxylation sites is 1. The molecule has 0 amide bonds. The van der Waals surface area contributed by atoms with Gasteiger partial charge in [-0.25, -0.2) is 4.98 Å². The van der Waals surface area contributed by atoms with Crippen molar-refractivity contribution >= 4 is 32.6 Å². The van der Waals surface area contributed by atoms with Crippen molar-refractivity contribution in [1.29, 1.82) is 0 Å². The molecule has 0 atom stereocenters. The second-order valence-corrected chi connectivity index (χ2v) is 7.08. The van der Waals surface area contributed by atoms with Crippen LogP contribution in [0, 0.1) is 0 Å². The molecule has 2 rings (SSSR count). The molecule has 0 unspecified atom stereocenters. The Bertz CT molecular complexity index is 594. The third-order valence-electron chi connectivity index (χ3n) is 2.79. The zero-order chi connectivity index (χ0) is 16.0. The van der Waals surface area contributed by atoms with Gasteiger partial charge in [0.15, 0.2) is 11.1 Å². The van der Waals surface area contributed by atoms with E-state index >= 15 is 0 Å². The number of nitrogens with one attached hydrogen (secondary N) is 3. The molecule has 1 aromatic carbocycles. The number of hydrogen-bond acceptors (Lipinski definition) is 4. The second-order valence-electron chi connectivity index (χ2n) is 6.05. The number of aliphatic imine (C=N–C) groups is 1. The van der Waals surface area contributed by atoms with Crippen LogP contribution < -0.4 is 16.0 Å². The van der Waals surface area contributed by atoms with E-state index in [1.54, 1.807) is 11.3 Å². The number of fused-ring (bicyclic) bond motifs is 1. The van der Waals surface area contributed by atoms with E-state index in [1.807, 2.05) is 18.2 Å². The average Bonchev–Trinajstić information content (AvgIpc) is 2.84. The average molecular weight is 319 g/mol. The molecule has 0 aliphatic heterocycles. The summed E-state index contributed by atoms with van der Waals surface area (Å²) in [4.78, 5) is 9.13. The Morgan fingerprint density at radius 1 is 1.27 bits per heavy atom. The Morgan fingerprint density at radius 2 is 2.05 bits per heavy atom. The molecule has 0 aliphatic rings. The minimum Gasteiger partial charge on any atom is -0.360 e. The summed E-state index contributed by atoms with van der Waals surface area (Å²) in [6.45, 7) is 10.8. The Balaban J connectivity index is 1.87. The van der Waals surface area contributed by atoms with Crippen LogP contribution in [0.15, 0.2) is 29.3 Å². The van der Waals surface area contributed by atoms with E-state index in [0.29, 0.717) is 6.54 Å².